The number of pyridine rings is 2. The number of rotatable bonds is 8. The van der Waals surface area contributed by atoms with E-state index < -0.39 is 0 Å². The van der Waals surface area contributed by atoms with E-state index in [0.717, 1.165) is 82.7 Å². The molecule has 0 bridgehead atoms. The number of nitrogens with one attached hydrogen (secondary N) is 2. The molecule has 16 nitrogen and oxygen atoms in total. The van der Waals surface area contributed by atoms with E-state index in [1.807, 2.05) is 49.4 Å². The molecule has 6 aromatic heterocycles. The molecule has 1 saturated heterocycles. The zero-order valence-electron chi connectivity index (χ0n) is 39.0. The van der Waals surface area contributed by atoms with Crippen LogP contribution in [0.3, 0.4) is 0 Å². The fraction of sp³-hybridized carbons (Fsp3) is 0.333. The number of ether oxygens (including phenoxy) is 2. The van der Waals surface area contributed by atoms with Crippen molar-refractivity contribution in [1.29, 1.82) is 0 Å². The summed E-state index contributed by atoms with van der Waals surface area (Å²) in [5.41, 5.74) is 8.76. The fourth-order valence-electron chi connectivity index (χ4n) is 8.43. The molecule has 0 saturated carbocycles. The van der Waals surface area contributed by atoms with Gasteiger partial charge in [0.15, 0.2) is 0 Å². The van der Waals surface area contributed by atoms with Gasteiger partial charge in [0, 0.05) is 92.6 Å². The summed E-state index contributed by atoms with van der Waals surface area (Å²) in [5, 5.41) is 16.8. The molecule has 9 heterocycles. The van der Waals surface area contributed by atoms with Crippen LogP contribution in [0.2, 0.25) is 0 Å². The van der Waals surface area contributed by atoms with Crippen LogP contribution in [-0.2, 0) is 49.3 Å². The van der Waals surface area contributed by atoms with E-state index >= 15 is 0 Å². The van der Waals surface area contributed by atoms with Gasteiger partial charge >= 0.3 is 7.12 Å². The number of fused-ring (bicyclic) bond motifs is 4. The van der Waals surface area contributed by atoms with Crippen LogP contribution in [0.25, 0.3) is 33.1 Å². The Morgan fingerprint density at radius 2 is 1.19 bits per heavy atom. The van der Waals surface area contributed by atoms with Crippen LogP contribution in [0.1, 0.15) is 61.3 Å². The molecule has 11 rings (SSSR count). The largest absolute Gasteiger partial charge is 0.514 e. The van der Waals surface area contributed by atoms with Gasteiger partial charge in [0.2, 0.25) is 0 Å². The van der Waals surface area contributed by atoms with Gasteiger partial charge in [-0.05, 0) is 101 Å². The summed E-state index contributed by atoms with van der Waals surface area (Å²) in [4.78, 5) is 25.9. The van der Waals surface area contributed by atoms with E-state index in [2.05, 4.69) is 101 Å². The molecule has 68 heavy (non-hydrogen) atoms. The van der Waals surface area contributed by atoms with Gasteiger partial charge in [-0.1, -0.05) is 0 Å². The van der Waals surface area contributed by atoms with Gasteiger partial charge in [-0.25, -0.2) is 38.7 Å². The molecule has 350 valence electrons. The molecule has 3 aliphatic rings. The van der Waals surface area contributed by atoms with Crippen LogP contribution in [0.15, 0.2) is 73.8 Å². The molecule has 0 aliphatic carbocycles. The Kier molecular flexibility index (Phi) is 13.0. The van der Waals surface area contributed by atoms with Crippen molar-refractivity contribution in [2.24, 2.45) is 14.1 Å². The van der Waals surface area contributed by atoms with Crippen LogP contribution < -0.4 is 25.7 Å². The van der Waals surface area contributed by atoms with Crippen molar-refractivity contribution in [2.75, 3.05) is 23.8 Å². The first-order valence-electron chi connectivity index (χ1n) is 22.1. The van der Waals surface area contributed by atoms with Crippen LogP contribution in [0.5, 0.6) is 11.5 Å². The first-order chi connectivity index (χ1) is 32.6. The van der Waals surface area contributed by atoms with Crippen molar-refractivity contribution >= 4 is 68.7 Å². The summed E-state index contributed by atoms with van der Waals surface area (Å²) in [7, 11) is 3.48. The minimum Gasteiger partial charge on any atom is -0.493 e. The van der Waals surface area contributed by atoms with Crippen molar-refractivity contribution in [3.63, 3.8) is 0 Å². The number of anilines is 2. The van der Waals surface area contributed by atoms with Gasteiger partial charge in [0.05, 0.1) is 72.5 Å². The molecule has 3 aliphatic heterocycles. The lowest BCUT2D eigenvalue weighted by Gasteiger charge is -2.32. The van der Waals surface area contributed by atoms with Crippen molar-refractivity contribution < 1.29 is 27.6 Å². The molecule has 0 spiro atoms. The van der Waals surface area contributed by atoms with E-state index in [1.165, 1.54) is 24.8 Å². The Hall–Kier alpha value is -6.39. The molecule has 0 unspecified atom stereocenters. The maximum atomic E-state index is 14.4. The third-order valence-electron chi connectivity index (χ3n) is 12.6. The average molecular weight is 1030 g/mol. The summed E-state index contributed by atoms with van der Waals surface area (Å²) >= 11 is 2.19. The Morgan fingerprint density at radius 3 is 1.72 bits per heavy atom. The summed E-state index contributed by atoms with van der Waals surface area (Å²) in [6, 6.07) is 10.3. The molecule has 2 aromatic carbocycles. The number of hydrogen-bond acceptors (Lipinski definition) is 14. The monoisotopic (exact) mass is 1030 g/mol. The SMILES string of the molecule is Cc1cc(-c2cnc(NCc3c(F)ccc4c3CCO4)c3cncnc23)n(C)n1.Cc1cc(B2OC(C)(C)C(C)(C)O2)n(C)n1.Fc1ccc2c(c1CNc1ncc(I)c3ncncc13)CCO2. The maximum absolute atomic E-state index is 14.4. The van der Waals surface area contributed by atoms with Crippen LogP contribution in [0, 0.1) is 29.1 Å². The summed E-state index contributed by atoms with van der Waals surface area (Å²) in [6.07, 6.45) is 11.4. The molecule has 20 heteroatoms. The Labute approximate surface area is 405 Å². The van der Waals surface area contributed by atoms with E-state index in [1.54, 1.807) is 36.9 Å². The normalized spacial score (nSPS) is 15.2. The standard InChI is InChI=1S/C21H19FN6O.C16H12FIN4O.C11H19BN2O2/c1-12-7-18(28(2)27-12)15-10-25-21(16-8-23-11-26-20(15)16)24-9-14-13-5-6-29-19(13)4-3-17(14)22;17-12-1-2-14-9(3-4-23-14)10(12)6-20-16-11-5-19-8-22-15(11)13(18)7-21-16;1-8-7-9(14(6)13-8)12-15-10(2,3)11(4,5)16-12/h3-4,7-8,10-11H,5-6,9H2,1-2H3,(H,24,25);1-2,5,7-8H,3-4,6H2,(H,20,21);7H,1-6H3. The summed E-state index contributed by atoms with van der Waals surface area (Å²) < 4.78 is 56.2. The predicted molar refractivity (Wildman–Crippen MR) is 264 cm³/mol. The second-order valence-electron chi connectivity index (χ2n) is 17.7. The highest BCUT2D eigenvalue weighted by molar-refractivity contribution is 14.1. The third kappa shape index (κ3) is 9.27. The van der Waals surface area contributed by atoms with Crippen molar-refractivity contribution in [1.82, 2.24) is 49.5 Å². The number of benzene rings is 2. The Morgan fingerprint density at radius 1 is 0.676 bits per heavy atom. The Bertz CT molecular complexity index is 3170. The first kappa shape index (κ1) is 46.7. The van der Waals surface area contributed by atoms with Gasteiger partial charge in [0.1, 0.15) is 47.4 Å². The zero-order valence-corrected chi connectivity index (χ0v) is 41.1. The second kappa shape index (κ2) is 19.0. The highest BCUT2D eigenvalue weighted by atomic mass is 127. The quantitative estimate of drug-likeness (QED) is 0.112. The van der Waals surface area contributed by atoms with E-state index in [0.29, 0.717) is 55.5 Å². The Balaban J connectivity index is 0.000000133. The van der Waals surface area contributed by atoms with E-state index in [4.69, 9.17) is 18.8 Å². The van der Waals surface area contributed by atoms with Gasteiger partial charge in [-0.3, -0.25) is 9.36 Å². The molecule has 2 N–H and O–H groups in total. The van der Waals surface area contributed by atoms with E-state index in [9.17, 15) is 8.78 Å². The second-order valence-corrected chi connectivity index (χ2v) is 18.8. The topological polar surface area (TPSA) is 174 Å². The number of nitrogens with zero attached hydrogens (tertiary/aromatic N) is 10. The molecular formula is C48H50BF2IN12O4. The molecule has 0 atom stereocenters. The van der Waals surface area contributed by atoms with Gasteiger partial charge in [0.25, 0.3) is 0 Å². The van der Waals surface area contributed by atoms with Gasteiger partial charge < -0.3 is 29.4 Å². The summed E-state index contributed by atoms with van der Waals surface area (Å²) in [6.45, 7) is 14.0. The van der Waals surface area contributed by atoms with E-state index in [-0.39, 0.29) is 30.0 Å². The highest BCUT2D eigenvalue weighted by Crippen LogP contribution is 2.37. The third-order valence-corrected chi connectivity index (χ3v) is 13.4. The average Bonchev–Trinajstić information content (AvgIpc) is 4.16. The first-order valence-corrected chi connectivity index (χ1v) is 23.2. The van der Waals surface area contributed by atoms with Crippen LogP contribution in [0.4, 0.5) is 20.4 Å². The molecule has 0 radical (unpaired) electrons. The molecular weight excluding hydrogens is 984 g/mol. The number of aromatic nitrogens is 10. The smallest absolute Gasteiger partial charge is 0.493 e. The predicted octanol–water partition coefficient (Wildman–Crippen LogP) is 7.76. The van der Waals surface area contributed by atoms with Crippen molar-refractivity contribution in [3.8, 4) is 22.8 Å². The van der Waals surface area contributed by atoms with Crippen LogP contribution >= 0.6 is 22.6 Å². The van der Waals surface area contributed by atoms with Crippen molar-refractivity contribution in [2.45, 2.75) is 78.7 Å². The number of hydrogen-bond donors (Lipinski definition) is 2. The van der Waals surface area contributed by atoms with Crippen LogP contribution in [-0.4, -0.2) is 81.0 Å². The fourth-order valence-corrected chi connectivity index (χ4v) is 9.00. The van der Waals surface area contributed by atoms with Gasteiger partial charge in [-0.2, -0.15) is 10.2 Å². The minimum absolute atomic E-state index is 0.229. The molecule has 1 fully saturated rings. The van der Waals surface area contributed by atoms with Gasteiger partial charge in [-0.15, -0.1) is 0 Å². The molecule has 8 aromatic rings. The van der Waals surface area contributed by atoms with Crippen molar-refractivity contribution in [3.05, 3.63) is 123 Å². The maximum Gasteiger partial charge on any atom is 0.514 e. The number of halogens is 3. The lowest BCUT2D eigenvalue weighted by molar-refractivity contribution is 0.00578. The highest BCUT2D eigenvalue weighted by Gasteiger charge is 2.52. The number of aryl methyl sites for hydroxylation is 4. The lowest BCUT2D eigenvalue weighted by atomic mass is 9.84. The summed E-state index contributed by atoms with van der Waals surface area (Å²) in [5.74, 6) is 2.31. The minimum atomic E-state index is -0.323. The lowest BCUT2D eigenvalue weighted by Crippen LogP contribution is -2.41. The molecule has 0 amide bonds. The zero-order chi connectivity index (χ0) is 47.9.